The molecule has 2 rings (SSSR count). The van der Waals surface area contributed by atoms with Gasteiger partial charge in [0, 0.05) is 12.2 Å². The lowest BCUT2D eigenvalue weighted by atomic mass is 10.3. The van der Waals surface area contributed by atoms with Crippen LogP contribution in [0.25, 0.3) is 0 Å². The number of aromatic nitrogens is 2. The molecule has 100 valence electrons. The van der Waals surface area contributed by atoms with E-state index >= 15 is 0 Å². The lowest BCUT2D eigenvalue weighted by Crippen LogP contribution is -2.22. The largest absolute Gasteiger partial charge is 0.342 e. The normalized spacial score (nSPS) is 10.5. The molecule has 2 heterocycles. The van der Waals surface area contributed by atoms with Gasteiger partial charge in [0.2, 0.25) is 0 Å². The van der Waals surface area contributed by atoms with Crippen molar-refractivity contribution >= 4 is 22.8 Å². The van der Waals surface area contributed by atoms with E-state index < -0.39 is 0 Å². The summed E-state index contributed by atoms with van der Waals surface area (Å²) < 4.78 is 0. The molecule has 0 saturated heterocycles. The quantitative estimate of drug-likeness (QED) is 0.787. The van der Waals surface area contributed by atoms with Crippen LogP contribution in [0.15, 0.2) is 18.2 Å². The molecular weight excluding hydrogens is 258 g/mol. The van der Waals surface area contributed by atoms with Crippen LogP contribution in [0.5, 0.6) is 0 Å². The zero-order chi connectivity index (χ0) is 13.8. The minimum Gasteiger partial charge on any atom is -0.342 e. The Balaban J connectivity index is 2.22. The van der Waals surface area contributed by atoms with Crippen molar-refractivity contribution in [2.24, 2.45) is 0 Å². The third-order valence-corrected chi connectivity index (χ3v) is 4.02. The summed E-state index contributed by atoms with van der Waals surface area (Å²) in [5.74, 6) is 0. The fourth-order valence-corrected chi connectivity index (χ4v) is 2.78. The number of carbonyl (C=O) groups excluding carboxylic acids is 1. The van der Waals surface area contributed by atoms with Crippen LogP contribution in [0.4, 0.5) is 5.13 Å². The van der Waals surface area contributed by atoms with E-state index in [-0.39, 0.29) is 0 Å². The van der Waals surface area contributed by atoms with Crippen molar-refractivity contribution < 1.29 is 4.79 Å². The van der Waals surface area contributed by atoms with E-state index in [9.17, 15) is 4.79 Å². The second kappa shape index (κ2) is 5.93. The van der Waals surface area contributed by atoms with Crippen LogP contribution < -0.4 is 4.90 Å². The van der Waals surface area contributed by atoms with Crippen molar-refractivity contribution in [2.75, 3.05) is 11.4 Å². The van der Waals surface area contributed by atoms with Gasteiger partial charge in [-0.25, -0.2) is 4.98 Å². The first-order chi connectivity index (χ1) is 9.13. The molecule has 19 heavy (non-hydrogen) atoms. The summed E-state index contributed by atoms with van der Waals surface area (Å²) in [7, 11) is 0. The average molecular weight is 275 g/mol. The van der Waals surface area contributed by atoms with E-state index in [4.69, 9.17) is 0 Å². The summed E-state index contributed by atoms with van der Waals surface area (Å²) in [6, 6.07) is 6.00. The van der Waals surface area contributed by atoms with Crippen molar-refractivity contribution in [1.29, 1.82) is 0 Å². The Morgan fingerprint density at radius 2 is 2.11 bits per heavy atom. The highest BCUT2D eigenvalue weighted by Gasteiger charge is 2.13. The number of carbonyl (C=O) groups is 1. The number of hydrogen-bond acceptors (Lipinski definition) is 5. The van der Waals surface area contributed by atoms with Crippen LogP contribution >= 0.6 is 11.3 Å². The number of pyridine rings is 1. The second-order valence-electron chi connectivity index (χ2n) is 4.35. The van der Waals surface area contributed by atoms with Crippen molar-refractivity contribution in [3.05, 3.63) is 40.2 Å². The van der Waals surface area contributed by atoms with Crippen molar-refractivity contribution in [1.82, 2.24) is 9.97 Å². The standard InChI is InChI=1S/C14H17N3OS/c1-4-17(8-12-7-5-6-10(2)15-12)14-16-11(3)13(9-18)19-14/h5-7,9H,4,8H2,1-3H3. The zero-order valence-corrected chi connectivity index (χ0v) is 12.2. The van der Waals surface area contributed by atoms with Crippen LogP contribution in [-0.2, 0) is 6.54 Å². The number of thiazole rings is 1. The van der Waals surface area contributed by atoms with Crippen LogP contribution in [0.1, 0.15) is 33.7 Å². The first-order valence-electron chi connectivity index (χ1n) is 6.24. The first-order valence-corrected chi connectivity index (χ1v) is 7.05. The monoisotopic (exact) mass is 275 g/mol. The van der Waals surface area contributed by atoms with E-state index in [0.717, 1.165) is 35.0 Å². The lowest BCUT2D eigenvalue weighted by Gasteiger charge is -2.19. The van der Waals surface area contributed by atoms with Gasteiger partial charge in [-0.05, 0) is 32.9 Å². The van der Waals surface area contributed by atoms with Gasteiger partial charge in [0.05, 0.1) is 22.8 Å². The van der Waals surface area contributed by atoms with Gasteiger partial charge in [-0.2, -0.15) is 0 Å². The molecule has 0 aliphatic rings. The number of anilines is 1. The maximum Gasteiger partial charge on any atom is 0.186 e. The highest BCUT2D eigenvalue weighted by molar-refractivity contribution is 7.17. The molecule has 0 saturated carbocycles. The topological polar surface area (TPSA) is 46.1 Å². The molecule has 0 aromatic carbocycles. The predicted molar refractivity (Wildman–Crippen MR) is 77.9 cm³/mol. The maximum absolute atomic E-state index is 10.9. The molecule has 0 bridgehead atoms. The number of aryl methyl sites for hydroxylation is 2. The van der Waals surface area contributed by atoms with E-state index in [1.807, 2.05) is 32.0 Å². The van der Waals surface area contributed by atoms with Crippen LogP contribution in [0.3, 0.4) is 0 Å². The number of nitrogens with zero attached hydrogens (tertiary/aromatic N) is 3. The summed E-state index contributed by atoms with van der Waals surface area (Å²) in [4.78, 5) is 22.7. The van der Waals surface area contributed by atoms with Crippen LogP contribution in [-0.4, -0.2) is 22.8 Å². The Labute approximate surface area is 117 Å². The van der Waals surface area contributed by atoms with Gasteiger partial charge in [0.25, 0.3) is 0 Å². The van der Waals surface area contributed by atoms with Crippen molar-refractivity contribution in [2.45, 2.75) is 27.3 Å². The van der Waals surface area contributed by atoms with Crippen molar-refractivity contribution in [3.8, 4) is 0 Å². The number of aldehydes is 1. The molecule has 0 spiro atoms. The Hall–Kier alpha value is -1.75. The molecule has 5 heteroatoms. The Morgan fingerprint density at radius 3 is 2.68 bits per heavy atom. The molecule has 2 aromatic heterocycles. The summed E-state index contributed by atoms with van der Waals surface area (Å²) in [6.45, 7) is 7.47. The minimum atomic E-state index is 0.700. The molecule has 0 aliphatic heterocycles. The maximum atomic E-state index is 10.9. The SMILES string of the molecule is CCN(Cc1cccc(C)n1)c1nc(C)c(C=O)s1. The number of hydrogen-bond donors (Lipinski definition) is 0. The molecule has 0 aliphatic carbocycles. The molecule has 0 fully saturated rings. The fourth-order valence-electron chi connectivity index (χ4n) is 1.84. The molecule has 2 aromatic rings. The van der Waals surface area contributed by atoms with Crippen LogP contribution in [0, 0.1) is 13.8 Å². The Morgan fingerprint density at radius 1 is 1.32 bits per heavy atom. The summed E-state index contributed by atoms with van der Waals surface area (Å²) in [6.07, 6.45) is 0.870. The van der Waals surface area contributed by atoms with E-state index in [2.05, 4.69) is 21.8 Å². The van der Waals surface area contributed by atoms with Gasteiger partial charge in [0.1, 0.15) is 0 Å². The predicted octanol–water partition coefficient (Wildman–Crippen LogP) is 2.99. The Kier molecular flexibility index (Phi) is 4.27. The van der Waals surface area contributed by atoms with Crippen molar-refractivity contribution in [3.63, 3.8) is 0 Å². The third kappa shape index (κ3) is 3.17. The minimum absolute atomic E-state index is 0.700. The third-order valence-electron chi connectivity index (χ3n) is 2.88. The molecule has 4 nitrogen and oxygen atoms in total. The molecule has 0 radical (unpaired) electrons. The van der Waals surface area contributed by atoms with Gasteiger partial charge in [-0.15, -0.1) is 0 Å². The smallest absolute Gasteiger partial charge is 0.186 e. The van der Waals surface area contributed by atoms with E-state index in [1.165, 1.54) is 11.3 Å². The molecule has 0 amide bonds. The Bertz CT molecular complexity index is 580. The van der Waals surface area contributed by atoms with Gasteiger partial charge in [-0.3, -0.25) is 9.78 Å². The summed E-state index contributed by atoms with van der Waals surface area (Å²) in [5, 5.41) is 0.880. The summed E-state index contributed by atoms with van der Waals surface area (Å²) >= 11 is 1.43. The number of rotatable bonds is 5. The molecule has 0 unspecified atom stereocenters. The zero-order valence-electron chi connectivity index (χ0n) is 11.4. The highest BCUT2D eigenvalue weighted by atomic mass is 32.1. The van der Waals surface area contributed by atoms with Crippen LogP contribution in [0.2, 0.25) is 0 Å². The molecule has 0 atom stereocenters. The molecule has 0 N–H and O–H groups in total. The second-order valence-corrected chi connectivity index (χ2v) is 5.36. The van der Waals surface area contributed by atoms with Gasteiger partial charge >= 0.3 is 0 Å². The average Bonchev–Trinajstić information content (AvgIpc) is 2.77. The van der Waals surface area contributed by atoms with E-state index in [1.54, 1.807) is 0 Å². The van der Waals surface area contributed by atoms with Gasteiger partial charge in [0.15, 0.2) is 11.4 Å². The van der Waals surface area contributed by atoms with E-state index in [0.29, 0.717) is 11.4 Å². The van der Waals surface area contributed by atoms with Gasteiger partial charge < -0.3 is 4.90 Å². The fraction of sp³-hybridized carbons (Fsp3) is 0.357. The van der Waals surface area contributed by atoms with Gasteiger partial charge in [-0.1, -0.05) is 17.4 Å². The molecular formula is C14H17N3OS. The highest BCUT2D eigenvalue weighted by Crippen LogP contribution is 2.25. The first kappa shape index (κ1) is 13.7. The lowest BCUT2D eigenvalue weighted by molar-refractivity contribution is 0.112. The summed E-state index contributed by atoms with van der Waals surface area (Å²) in [5.41, 5.74) is 2.82.